The van der Waals surface area contributed by atoms with E-state index in [1.807, 2.05) is 6.20 Å². The van der Waals surface area contributed by atoms with Crippen LogP contribution in [0.15, 0.2) is 97.2 Å². The number of aryl methyl sites for hydroxylation is 3. The van der Waals surface area contributed by atoms with E-state index in [0.29, 0.717) is 11.8 Å². The predicted molar refractivity (Wildman–Crippen MR) is 209 cm³/mol. The van der Waals surface area contributed by atoms with E-state index in [1.54, 1.807) is 0 Å². The normalized spacial score (nSPS) is 11.9. The van der Waals surface area contributed by atoms with Crippen molar-refractivity contribution in [3.8, 4) is 34.1 Å². The highest BCUT2D eigenvalue weighted by molar-refractivity contribution is 6.09. The fourth-order valence-electron chi connectivity index (χ4n) is 7.49. The number of fused-ring (bicyclic) bond motifs is 3. The van der Waals surface area contributed by atoms with Gasteiger partial charge < -0.3 is 4.74 Å². The Morgan fingerprint density at radius 3 is 2.12 bits per heavy atom. The summed E-state index contributed by atoms with van der Waals surface area (Å²) in [6.07, 6.45) is 2.94. The summed E-state index contributed by atoms with van der Waals surface area (Å²) in [7, 11) is 0. The minimum Gasteiger partial charge on any atom is -0.457 e. The van der Waals surface area contributed by atoms with Gasteiger partial charge in [0.15, 0.2) is 0 Å². The van der Waals surface area contributed by atoms with E-state index in [2.05, 4.69) is 163 Å². The topological polar surface area (TPSA) is 44.9 Å². The van der Waals surface area contributed by atoms with Crippen LogP contribution in [-0.4, -0.2) is 19.3 Å². The monoisotopic (exact) mass is 660 g/mol. The first-order chi connectivity index (χ1) is 24.0. The quantitative estimate of drug-likeness (QED) is 0.155. The molecule has 0 N–H and O–H groups in total. The van der Waals surface area contributed by atoms with E-state index < -0.39 is 0 Å². The number of para-hydroxylation sites is 1. The van der Waals surface area contributed by atoms with Gasteiger partial charge >= 0.3 is 0 Å². The molecule has 254 valence electrons. The van der Waals surface area contributed by atoms with Gasteiger partial charge in [0, 0.05) is 34.7 Å². The molecule has 3 aromatic heterocycles. The van der Waals surface area contributed by atoms with Crippen LogP contribution < -0.4 is 4.74 Å². The lowest BCUT2D eigenvalue weighted by atomic mass is 9.91. The molecule has 7 aromatic rings. The van der Waals surface area contributed by atoms with E-state index in [1.165, 1.54) is 49.8 Å². The van der Waals surface area contributed by atoms with Crippen LogP contribution in [0.2, 0.25) is 0 Å². The van der Waals surface area contributed by atoms with Gasteiger partial charge in [0.25, 0.3) is 0 Å². The summed E-state index contributed by atoms with van der Waals surface area (Å²) in [5, 5.41) is 7.57. The van der Waals surface area contributed by atoms with Crippen LogP contribution in [0, 0.1) is 26.7 Å². The second-order valence-corrected chi connectivity index (χ2v) is 14.8. The molecule has 50 heavy (non-hydrogen) atoms. The molecule has 0 aliphatic carbocycles. The number of pyridine rings is 1. The maximum atomic E-state index is 6.79. The van der Waals surface area contributed by atoms with Gasteiger partial charge in [-0.25, -0.2) is 9.67 Å². The van der Waals surface area contributed by atoms with Crippen molar-refractivity contribution in [2.24, 2.45) is 5.92 Å². The molecule has 0 saturated heterocycles. The zero-order valence-corrected chi connectivity index (χ0v) is 30.9. The molecule has 0 aliphatic rings. The molecule has 4 aromatic carbocycles. The highest BCUT2D eigenvalue weighted by atomic mass is 16.5. The smallest absolute Gasteiger partial charge is 0.137 e. The average molecular weight is 661 g/mol. The highest BCUT2D eigenvalue weighted by Gasteiger charge is 2.24. The Kier molecular flexibility index (Phi) is 8.86. The molecule has 0 amide bonds. The SMILES string of the molecule is Cc1cccc(C)c1-c1c(C)nn(-c2cc(Oc3ccc4c5ccccc5n(-c5cc(CC(C)C)ccn5)c4c3)cc(C(C)C)c2)c1C(C)C. The van der Waals surface area contributed by atoms with Crippen LogP contribution in [0.3, 0.4) is 0 Å². The number of nitrogens with zero attached hydrogens (tertiary/aromatic N) is 4. The third-order valence-electron chi connectivity index (χ3n) is 9.76. The molecule has 0 fully saturated rings. The van der Waals surface area contributed by atoms with Crippen LogP contribution in [0.25, 0.3) is 44.4 Å². The summed E-state index contributed by atoms with van der Waals surface area (Å²) in [4.78, 5) is 4.86. The minimum atomic E-state index is 0.259. The molecular weight excluding hydrogens is 613 g/mol. The van der Waals surface area contributed by atoms with Crippen molar-refractivity contribution in [3.05, 3.63) is 131 Å². The Hall–Kier alpha value is -5.16. The summed E-state index contributed by atoms with van der Waals surface area (Å²) in [6, 6.07) is 32.4. The summed E-state index contributed by atoms with van der Waals surface area (Å²) >= 11 is 0. The van der Waals surface area contributed by atoms with Gasteiger partial charge in [-0.1, -0.05) is 77.9 Å². The molecule has 7 rings (SSSR count). The fraction of sp³-hybridized carbons (Fsp3) is 0.289. The van der Waals surface area contributed by atoms with E-state index in [9.17, 15) is 0 Å². The van der Waals surface area contributed by atoms with Crippen LogP contribution >= 0.6 is 0 Å². The first-order valence-corrected chi connectivity index (χ1v) is 18.0. The summed E-state index contributed by atoms with van der Waals surface area (Å²) in [6.45, 7) is 20.0. The number of ether oxygens (including phenoxy) is 1. The molecule has 0 saturated carbocycles. The number of hydrogen-bond acceptors (Lipinski definition) is 3. The second-order valence-electron chi connectivity index (χ2n) is 14.8. The zero-order valence-electron chi connectivity index (χ0n) is 30.9. The molecule has 0 spiro atoms. The lowest BCUT2D eigenvalue weighted by molar-refractivity contribution is 0.481. The van der Waals surface area contributed by atoms with Gasteiger partial charge in [-0.15, -0.1) is 0 Å². The lowest BCUT2D eigenvalue weighted by Gasteiger charge is -2.18. The largest absolute Gasteiger partial charge is 0.457 e. The molecule has 0 aliphatic heterocycles. The maximum Gasteiger partial charge on any atom is 0.137 e. The van der Waals surface area contributed by atoms with Gasteiger partial charge in [0.05, 0.1) is 28.1 Å². The van der Waals surface area contributed by atoms with Gasteiger partial charge in [0.2, 0.25) is 0 Å². The third-order valence-corrected chi connectivity index (χ3v) is 9.76. The lowest BCUT2D eigenvalue weighted by Crippen LogP contribution is -2.06. The Balaban J connectivity index is 1.35. The van der Waals surface area contributed by atoms with Crippen molar-refractivity contribution in [3.63, 3.8) is 0 Å². The molecule has 5 nitrogen and oxygen atoms in total. The number of hydrogen-bond donors (Lipinski definition) is 0. The van der Waals surface area contributed by atoms with Gasteiger partial charge in [-0.3, -0.25) is 4.57 Å². The zero-order chi connectivity index (χ0) is 35.3. The van der Waals surface area contributed by atoms with E-state index >= 15 is 0 Å². The fourth-order valence-corrected chi connectivity index (χ4v) is 7.49. The van der Waals surface area contributed by atoms with Gasteiger partial charge in [-0.05, 0) is 115 Å². The Morgan fingerprint density at radius 1 is 0.660 bits per heavy atom. The van der Waals surface area contributed by atoms with E-state index in [-0.39, 0.29) is 5.92 Å². The maximum absolute atomic E-state index is 6.79. The van der Waals surface area contributed by atoms with Crippen LogP contribution in [-0.2, 0) is 6.42 Å². The first-order valence-electron chi connectivity index (χ1n) is 18.0. The number of benzene rings is 4. The predicted octanol–water partition coefficient (Wildman–Crippen LogP) is 12.2. The number of aromatic nitrogens is 4. The third kappa shape index (κ3) is 6.10. The minimum absolute atomic E-state index is 0.259. The molecule has 0 bridgehead atoms. The molecule has 3 heterocycles. The molecule has 5 heteroatoms. The summed E-state index contributed by atoms with van der Waals surface area (Å²) in [5.41, 5.74) is 13.0. The average Bonchev–Trinajstić information content (AvgIpc) is 3.59. The molecule has 0 radical (unpaired) electrons. The van der Waals surface area contributed by atoms with Crippen molar-refractivity contribution >= 4 is 21.8 Å². The summed E-state index contributed by atoms with van der Waals surface area (Å²) in [5.74, 6) is 3.63. The van der Waals surface area contributed by atoms with Crippen molar-refractivity contribution in [1.29, 1.82) is 0 Å². The van der Waals surface area contributed by atoms with Crippen molar-refractivity contribution in [2.45, 2.75) is 80.6 Å². The standard InChI is InChI=1S/C45H48N4O/c1-27(2)21-33-19-20-46-42(22-33)48-40-16-11-10-15-38(40)39-18-17-36(26-41(39)48)50-37-24-34(28(3)4)23-35(25-37)49-45(29(5)6)44(32(9)47-49)43-30(7)13-12-14-31(43)8/h10-20,22-29H,21H2,1-9H3. The Labute approximate surface area is 296 Å². The number of rotatable bonds is 9. The Bertz CT molecular complexity index is 2330. The second kappa shape index (κ2) is 13.3. The first kappa shape index (κ1) is 33.3. The van der Waals surface area contributed by atoms with Gasteiger partial charge in [0.1, 0.15) is 17.3 Å². The molecule has 0 unspecified atom stereocenters. The van der Waals surface area contributed by atoms with Crippen LogP contribution in [0.4, 0.5) is 0 Å². The molecular formula is C45H48N4O. The van der Waals surface area contributed by atoms with Crippen LogP contribution in [0.5, 0.6) is 11.5 Å². The van der Waals surface area contributed by atoms with Crippen molar-refractivity contribution in [2.75, 3.05) is 0 Å². The van der Waals surface area contributed by atoms with E-state index in [0.717, 1.165) is 46.2 Å². The summed E-state index contributed by atoms with van der Waals surface area (Å²) < 4.78 is 11.2. The molecule has 0 atom stereocenters. The van der Waals surface area contributed by atoms with Crippen LogP contribution in [0.1, 0.15) is 87.0 Å². The van der Waals surface area contributed by atoms with E-state index in [4.69, 9.17) is 14.8 Å². The highest BCUT2D eigenvalue weighted by Crippen LogP contribution is 2.40. The van der Waals surface area contributed by atoms with Gasteiger partial charge in [-0.2, -0.15) is 5.10 Å². The van der Waals surface area contributed by atoms with Crippen molar-refractivity contribution in [1.82, 2.24) is 19.3 Å². The Morgan fingerprint density at radius 2 is 1.40 bits per heavy atom. The van der Waals surface area contributed by atoms with Crippen molar-refractivity contribution < 1.29 is 4.74 Å².